The molecule has 1 atom stereocenters. The van der Waals surface area contributed by atoms with Crippen LogP contribution in [0.4, 0.5) is 5.69 Å². The predicted molar refractivity (Wildman–Crippen MR) is 93.3 cm³/mol. The molecule has 0 bridgehead atoms. The highest BCUT2D eigenvalue weighted by Crippen LogP contribution is 2.30. The summed E-state index contributed by atoms with van der Waals surface area (Å²) in [4.78, 5) is 12.3. The van der Waals surface area contributed by atoms with Gasteiger partial charge in [0.25, 0.3) is 0 Å². The Morgan fingerprint density at radius 1 is 1.12 bits per heavy atom. The molecule has 0 amide bonds. The average molecular weight is 357 g/mol. The molecule has 6 nitrogen and oxygen atoms in total. The fraction of sp³-hybridized carbons (Fsp3) is 0.167. The monoisotopic (exact) mass is 357 g/mol. The fourth-order valence-electron chi connectivity index (χ4n) is 2.34. The number of para-hydroxylation sites is 1. The number of rotatable bonds is 5. The Bertz CT molecular complexity index is 934. The summed E-state index contributed by atoms with van der Waals surface area (Å²) in [5.41, 5.74) is 2.35. The highest BCUT2D eigenvalue weighted by molar-refractivity contribution is 7.89. The van der Waals surface area contributed by atoms with E-state index in [-0.39, 0.29) is 4.90 Å². The van der Waals surface area contributed by atoms with E-state index in [1.54, 1.807) is 24.3 Å². The van der Waals surface area contributed by atoms with E-state index < -0.39 is 22.0 Å². The lowest BCUT2D eigenvalue weighted by Gasteiger charge is -2.14. The van der Waals surface area contributed by atoms with Crippen LogP contribution in [0.3, 0.4) is 0 Å². The Balaban J connectivity index is 1.68. The maximum absolute atomic E-state index is 12.3. The Hall–Kier alpha value is -2.64. The van der Waals surface area contributed by atoms with Crippen molar-refractivity contribution in [3.63, 3.8) is 0 Å². The zero-order chi connectivity index (χ0) is 18.0. The minimum Gasteiger partial charge on any atom is -0.423 e. The average Bonchev–Trinajstić information content (AvgIpc) is 2.98. The van der Waals surface area contributed by atoms with Crippen LogP contribution in [0.15, 0.2) is 59.6 Å². The smallest absolute Gasteiger partial charge is 0.329 e. The number of fused-ring (bicyclic) bond motifs is 1. The number of sulfonamides is 1. The van der Waals surface area contributed by atoms with Crippen LogP contribution < -0.4 is 10.0 Å². The molecule has 1 radical (unpaired) electrons. The number of hydrogen-bond donors (Lipinski definition) is 1. The van der Waals surface area contributed by atoms with E-state index in [9.17, 15) is 13.2 Å². The second-order valence-corrected chi connectivity index (χ2v) is 7.43. The Morgan fingerprint density at radius 2 is 1.80 bits per heavy atom. The largest absolute Gasteiger partial charge is 0.423 e. The maximum Gasteiger partial charge on any atom is 0.329 e. The van der Waals surface area contributed by atoms with Crippen molar-refractivity contribution >= 4 is 27.4 Å². The van der Waals surface area contributed by atoms with Gasteiger partial charge >= 0.3 is 5.97 Å². The van der Waals surface area contributed by atoms with Crippen molar-refractivity contribution in [3.05, 3.63) is 65.9 Å². The van der Waals surface area contributed by atoms with Gasteiger partial charge in [0, 0.05) is 5.56 Å². The van der Waals surface area contributed by atoms with Gasteiger partial charge in [0.05, 0.1) is 16.8 Å². The summed E-state index contributed by atoms with van der Waals surface area (Å²) < 4.78 is 32.3. The topological polar surface area (TPSA) is 86.6 Å². The molecule has 1 heterocycles. The van der Waals surface area contributed by atoms with Gasteiger partial charge in [-0.2, -0.15) is 4.72 Å². The van der Waals surface area contributed by atoms with Crippen molar-refractivity contribution in [1.29, 1.82) is 0 Å². The van der Waals surface area contributed by atoms with Gasteiger partial charge in [-0.1, -0.05) is 29.8 Å². The van der Waals surface area contributed by atoms with Crippen LogP contribution in [0, 0.1) is 6.92 Å². The summed E-state index contributed by atoms with van der Waals surface area (Å²) in [6.07, 6.45) is 1.45. The molecule has 0 fully saturated rings. The SMILES string of the molecule is Cc1ccc(S(=O)(=O)NC(C)C(=O)OC2=C[N]c3ccccc32)cc1. The van der Waals surface area contributed by atoms with Crippen LogP contribution in [0.2, 0.25) is 0 Å². The second-order valence-electron chi connectivity index (χ2n) is 5.72. The van der Waals surface area contributed by atoms with Crippen molar-refractivity contribution in [1.82, 2.24) is 10.0 Å². The van der Waals surface area contributed by atoms with Crippen LogP contribution in [0.25, 0.3) is 5.76 Å². The summed E-state index contributed by atoms with van der Waals surface area (Å²) in [5, 5.41) is 4.15. The normalized spacial score (nSPS) is 14.2. The lowest BCUT2D eigenvalue weighted by atomic mass is 10.2. The zero-order valence-electron chi connectivity index (χ0n) is 13.8. The van der Waals surface area contributed by atoms with E-state index >= 15 is 0 Å². The van der Waals surface area contributed by atoms with Crippen LogP contribution in [0.1, 0.15) is 18.1 Å². The van der Waals surface area contributed by atoms with Crippen LogP contribution >= 0.6 is 0 Å². The first-order valence-electron chi connectivity index (χ1n) is 7.68. The standard InChI is InChI=1S/C18H17N2O4S/c1-12-7-9-14(10-8-12)25(22,23)20-13(2)18(21)24-17-11-19-16-6-4-3-5-15(16)17/h3-11,13,20H,1-2H3. The summed E-state index contributed by atoms with van der Waals surface area (Å²) in [6, 6.07) is 12.6. The first-order chi connectivity index (χ1) is 11.9. The van der Waals surface area contributed by atoms with Crippen LogP contribution in [-0.4, -0.2) is 20.4 Å². The van der Waals surface area contributed by atoms with Crippen molar-refractivity contribution in [2.24, 2.45) is 0 Å². The fourth-order valence-corrected chi connectivity index (χ4v) is 3.53. The highest BCUT2D eigenvalue weighted by atomic mass is 32.2. The summed E-state index contributed by atoms with van der Waals surface area (Å²) in [5.74, 6) is -0.393. The molecule has 0 saturated heterocycles. The Morgan fingerprint density at radius 3 is 2.52 bits per heavy atom. The molecule has 0 saturated carbocycles. The zero-order valence-corrected chi connectivity index (χ0v) is 14.6. The summed E-state index contributed by atoms with van der Waals surface area (Å²) in [6.45, 7) is 3.30. The van der Waals surface area contributed by atoms with E-state index in [0.29, 0.717) is 17.0 Å². The third-order valence-electron chi connectivity index (χ3n) is 3.72. The molecule has 1 aliphatic rings. The van der Waals surface area contributed by atoms with Gasteiger partial charge in [0.15, 0.2) is 5.76 Å². The van der Waals surface area contributed by atoms with E-state index in [0.717, 1.165) is 5.56 Å². The molecule has 2 aromatic carbocycles. The third-order valence-corrected chi connectivity index (χ3v) is 5.27. The number of esters is 1. The minimum absolute atomic E-state index is 0.0955. The van der Waals surface area contributed by atoms with Crippen molar-refractivity contribution in [2.45, 2.75) is 24.8 Å². The number of nitrogens with one attached hydrogen (secondary N) is 1. The van der Waals surface area contributed by atoms with Crippen molar-refractivity contribution in [2.75, 3.05) is 0 Å². The van der Waals surface area contributed by atoms with Crippen molar-refractivity contribution < 1.29 is 17.9 Å². The molecule has 1 aliphatic heterocycles. The molecule has 0 spiro atoms. The molecule has 7 heteroatoms. The summed E-state index contributed by atoms with van der Waals surface area (Å²) in [7, 11) is -3.81. The van der Waals surface area contributed by atoms with Gasteiger partial charge in [-0.25, -0.2) is 13.2 Å². The van der Waals surface area contributed by atoms with Crippen LogP contribution in [0.5, 0.6) is 0 Å². The Kier molecular flexibility index (Phi) is 4.61. The van der Waals surface area contributed by atoms with Crippen LogP contribution in [-0.2, 0) is 19.6 Å². The first kappa shape index (κ1) is 17.2. The molecule has 3 rings (SSSR count). The molecule has 0 aliphatic carbocycles. The number of hydrogen-bond acceptors (Lipinski definition) is 4. The lowest BCUT2D eigenvalue weighted by Crippen LogP contribution is -2.39. The molecular formula is C18H17N2O4S. The van der Waals surface area contributed by atoms with Gasteiger partial charge in [0.2, 0.25) is 10.0 Å². The highest BCUT2D eigenvalue weighted by Gasteiger charge is 2.26. The number of benzene rings is 2. The quantitative estimate of drug-likeness (QED) is 0.833. The molecule has 25 heavy (non-hydrogen) atoms. The number of carbonyl (C=O) groups is 1. The van der Waals surface area contributed by atoms with Gasteiger partial charge in [0.1, 0.15) is 6.04 Å². The maximum atomic E-state index is 12.3. The molecule has 1 unspecified atom stereocenters. The van der Waals surface area contributed by atoms with E-state index in [4.69, 9.17) is 4.74 Å². The first-order valence-corrected chi connectivity index (χ1v) is 9.16. The van der Waals surface area contributed by atoms with E-state index in [1.807, 2.05) is 19.1 Å². The van der Waals surface area contributed by atoms with Gasteiger partial charge < -0.3 is 4.74 Å². The molecule has 0 aromatic heterocycles. The second kappa shape index (κ2) is 6.70. The molecule has 2 aromatic rings. The molecule has 1 N–H and O–H groups in total. The summed E-state index contributed by atoms with van der Waals surface area (Å²) >= 11 is 0. The number of nitrogens with zero attached hydrogens (tertiary/aromatic N) is 1. The van der Waals surface area contributed by atoms with Gasteiger partial charge in [-0.05, 0) is 38.1 Å². The number of carbonyl (C=O) groups excluding carboxylic acids is 1. The Labute approximate surface area is 146 Å². The van der Waals surface area contributed by atoms with Crippen molar-refractivity contribution in [3.8, 4) is 0 Å². The van der Waals surface area contributed by atoms with E-state index in [1.165, 1.54) is 25.3 Å². The number of ether oxygens (including phenoxy) is 1. The van der Waals surface area contributed by atoms with Gasteiger partial charge in [-0.3, -0.25) is 5.32 Å². The molecule has 129 valence electrons. The molecular weight excluding hydrogens is 340 g/mol. The predicted octanol–water partition coefficient (Wildman–Crippen LogP) is 2.45. The third kappa shape index (κ3) is 3.72. The van der Waals surface area contributed by atoms with Gasteiger partial charge in [-0.15, -0.1) is 0 Å². The number of aryl methyl sites for hydroxylation is 1. The lowest BCUT2D eigenvalue weighted by molar-refractivity contribution is -0.138. The minimum atomic E-state index is -3.81. The van der Waals surface area contributed by atoms with E-state index in [2.05, 4.69) is 10.0 Å².